The zero-order valence-corrected chi connectivity index (χ0v) is 27.8. The highest BCUT2D eigenvalue weighted by atomic mass is 16.2. The predicted octanol–water partition coefficient (Wildman–Crippen LogP) is 9.58. The highest BCUT2D eigenvalue weighted by Gasteiger charge is 2.15. The third-order valence-electron chi connectivity index (χ3n) is 7.90. The van der Waals surface area contributed by atoms with Gasteiger partial charge in [0.25, 0.3) is 0 Å². The number of aliphatic hydroxyl groups excluding tert-OH is 1. The number of fused-ring (bicyclic) bond motifs is 1. The Labute approximate surface area is 273 Å². The van der Waals surface area contributed by atoms with Crippen LogP contribution in [0.25, 0.3) is 44.8 Å². The molecular weight excluding hydrogens is 570 g/mol. The summed E-state index contributed by atoms with van der Waals surface area (Å²) in [6.07, 6.45) is 17.3. The summed E-state index contributed by atoms with van der Waals surface area (Å²) in [7, 11) is 1.00. The summed E-state index contributed by atoms with van der Waals surface area (Å²) in [5.41, 5.74) is 11.0. The van der Waals surface area contributed by atoms with Crippen LogP contribution >= 0.6 is 0 Å². The smallest absolute Gasteiger partial charge is 0.140 e. The number of hydrogen-bond acceptors (Lipinski definition) is 5. The van der Waals surface area contributed by atoms with Gasteiger partial charge in [0, 0.05) is 30.6 Å². The first-order chi connectivity index (χ1) is 22.5. The zero-order chi connectivity index (χ0) is 33.3. The summed E-state index contributed by atoms with van der Waals surface area (Å²) in [6.45, 7) is 11.6. The van der Waals surface area contributed by atoms with Crippen molar-refractivity contribution in [2.45, 2.75) is 65.7 Å². The lowest BCUT2D eigenvalue weighted by molar-refractivity contribution is -0.106. The topological polar surface area (TPSA) is 108 Å². The van der Waals surface area contributed by atoms with Gasteiger partial charge in [-0.2, -0.15) is 5.10 Å². The molecule has 0 radical (unpaired) electrons. The number of hydrogen-bond donors (Lipinski definition) is 3. The van der Waals surface area contributed by atoms with Crippen LogP contribution in [-0.2, 0) is 4.79 Å². The molecule has 0 amide bonds. The molecule has 2 aromatic carbocycles. The van der Waals surface area contributed by atoms with Crippen LogP contribution in [0.5, 0.6) is 0 Å². The van der Waals surface area contributed by atoms with Crippen LogP contribution in [-0.4, -0.2) is 43.7 Å². The molecule has 1 aliphatic rings. The van der Waals surface area contributed by atoms with Crippen LogP contribution < -0.4 is 0 Å². The Kier molecular flexibility index (Phi) is 14.6. The summed E-state index contributed by atoms with van der Waals surface area (Å²) < 4.78 is 0. The summed E-state index contributed by atoms with van der Waals surface area (Å²) in [5, 5.41) is 13.7. The Balaban J connectivity index is 0.000000346. The van der Waals surface area contributed by atoms with E-state index in [2.05, 4.69) is 70.3 Å². The van der Waals surface area contributed by atoms with Gasteiger partial charge in [0.2, 0.25) is 0 Å². The van der Waals surface area contributed by atoms with Crippen LogP contribution in [0, 0.1) is 0 Å². The fraction of sp³-hybridized carbons (Fsp3) is 0.282. The minimum atomic E-state index is 0.733. The van der Waals surface area contributed by atoms with Crippen molar-refractivity contribution in [1.82, 2.24) is 25.1 Å². The lowest BCUT2D eigenvalue weighted by Gasteiger charge is -2.22. The molecule has 46 heavy (non-hydrogen) atoms. The molecule has 3 heterocycles. The van der Waals surface area contributed by atoms with Crippen molar-refractivity contribution < 1.29 is 9.90 Å². The number of aromatic nitrogens is 5. The van der Waals surface area contributed by atoms with E-state index < -0.39 is 0 Å². The summed E-state index contributed by atoms with van der Waals surface area (Å²) >= 11 is 0. The summed E-state index contributed by atoms with van der Waals surface area (Å²) in [5.74, 6) is 1.57. The van der Waals surface area contributed by atoms with E-state index in [1.54, 1.807) is 6.20 Å². The highest BCUT2D eigenvalue weighted by Crippen LogP contribution is 2.33. The maximum atomic E-state index is 8.81. The number of pyridine rings is 1. The minimum Gasteiger partial charge on any atom is -0.400 e. The van der Waals surface area contributed by atoms with Gasteiger partial charge in [0.05, 0.1) is 22.4 Å². The molecule has 0 bridgehead atoms. The van der Waals surface area contributed by atoms with E-state index in [0.717, 1.165) is 69.8 Å². The zero-order valence-electron chi connectivity index (χ0n) is 27.8. The van der Waals surface area contributed by atoms with Gasteiger partial charge in [-0.1, -0.05) is 74.4 Å². The first-order valence-electron chi connectivity index (χ1n) is 15.8. The fourth-order valence-electron chi connectivity index (χ4n) is 5.34. The Morgan fingerprint density at radius 2 is 1.63 bits per heavy atom. The molecule has 0 saturated heterocycles. The van der Waals surface area contributed by atoms with E-state index >= 15 is 0 Å². The third-order valence-corrected chi connectivity index (χ3v) is 7.90. The van der Waals surface area contributed by atoms with Crippen LogP contribution in [0.4, 0.5) is 0 Å². The van der Waals surface area contributed by atoms with E-state index in [1.165, 1.54) is 50.2 Å². The molecule has 240 valence electrons. The largest absolute Gasteiger partial charge is 0.400 e. The number of carbonyl (C=O) groups excluding carboxylic acids is 1. The van der Waals surface area contributed by atoms with Crippen LogP contribution in [0.2, 0.25) is 0 Å². The number of imidazole rings is 1. The maximum absolute atomic E-state index is 8.81. The van der Waals surface area contributed by atoms with Crippen molar-refractivity contribution >= 4 is 28.5 Å². The quantitative estimate of drug-likeness (QED) is 0.130. The molecule has 3 N–H and O–H groups in total. The molecule has 1 fully saturated rings. The molecule has 0 unspecified atom stereocenters. The molecule has 0 aliphatic heterocycles. The summed E-state index contributed by atoms with van der Waals surface area (Å²) in [6, 6.07) is 21.3. The van der Waals surface area contributed by atoms with Crippen molar-refractivity contribution in [3.05, 3.63) is 115 Å². The number of allylic oxidation sites excluding steroid dienone is 5. The molecule has 3 aromatic heterocycles. The second kappa shape index (κ2) is 18.8. The van der Waals surface area contributed by atoms with E-state index in [0.29, 0.717) is 0 Å². The molecule has 6 rings (SSSR count). The number of carbonyl (C=O) groups is 1. The molecule has 1 saturated carbocycles. The van der Waals surface area contributed by atoms with Crippen molar-refractivity contribution in [3.8, 4) is 22.6 Å². The molecule has 5 aromatic rings. The molecule has 1 aliphatic carbocycles. The lowest BCUT2D eigenvalue weighted by atomic mass is 9.84. The lowest BCUT2D eigenvalue weighted by Crippen LogP contribution is -2.04. The van der Waals surface area contributed by atoms with Gasteiger partial charge in [-0.05, 0) is 99.1 Å². The second-order valence-electron chi connectivity index (χ2n) is 10.9. The SMILES string of the molecule is C/C=C(\C)c1ccn[nH]1.C=C(/C=C\C)c1ccc2nc(-c3ccc(-c4ccc(C5CCCCC5)cc4)nc3)[nH]c2c1.CC=O.CO. The van der Waals surface area contributed by atoms with Crippen LogP contribution in [0.1, 0.15) is 82.5 Å². The Bertz CT molecular complexity index is 1690. The number of benzene rings is 2. The standard InChI is InChI=1S/C29H29N3.C7H10N2.C2H4O.CH4O/c1-3-7-20(2)24-14-17-27-28(18-24)32-29(31-27)25-15-16-26(30-19-25)23-12-10-22(11-13-23)21-8-5-4-6-9-21;1-3-6(2)7-4-5-8-9-7;1-2-3;1-2/h3,7,10-19,21H,2,4-6,8-9H2,1H3,(H,31,32);3-5H,1-2H3,(H,8,9);2H,1H3;2H,1H3/b7-3-;6-3+;;. The van der Waals surface area contributed by atoms with Crippen molar-refractivity contribution in [1.29, 1.82) is 0 Å². The normalized spacial score (nSPS) is 13.1. The molecule has 7 nitrogen and oxygen atoms in total. The monoisotopic (exact) mass is 617 g/mol. The van der Waals surface area contributed by atoms with E-state index in [-0.39, 0.29) is 0 Å². The number of rotatable bonds is 6. The van der Waals surface area contributed by atoms with Crippen LogP contribution in [0.15, 0.2) is 97.9 Å². The van der Waals surface area contributed by atoms with Gasteiger partial charge in [0.15, 0.2) is 0 Å². The average Bonchev–Trinajstić information content (AvgIpc) is 3.81. The number of aromatic amines is 2. The Hall–Kier alpha value is -4.88. The van der Waals surface area contributed by atoms with E-state index in [4.69, 9.17) is 19.9 Å². The van der Waals surface area contributed by atoms with Gasteiger partial charge in [0.1, 0.15) is 12.1 Å². The molecule has 7 heteroatoms. The first kappa shape index (κ1) is 35.6. The number of aliphatic hydroxyl groups is 1. The summed E-state index contributed by atoms with van der Waals surface area (Å²) in [4.78, 5) is 21.7. The Morgan fingerprint density at radius 1 is 0.935 bits per heavy atom. The fourth-order valence-corrected chi connectivity index (χ4v) is 5.34. The second-order valence-corrected chi connectivity index (χ2v) is 10.9. The Morgan fingerprint density at radius 3 is 2.22 bits per heavy atom. The highest BCUT2D eigenvalue weighted by molar-refractivity contribution is 5.85. The number of aldehydes is 1. The first-order valence-corrected chi connectivity index (χ1v) is 15.8. The van der Waals surface area contributed by atoms with Crippen molar-refractivity contribution in [2.75, 3.05) is 7.11 Å². The predicted molar refractivity (Wildman–Crippen MR) is 192 cm³/mol. The van der Waals surface area contributed by atoms with Gasteiger partial charge in [-0.3, -0.25) is 10.1 Å². The molecule has 0 spiro atoms. The van der Waals surface area contributed by atoms with E-state index in [9.17, 15) is 0 Å². The van der Waals surface area contributed by atoms with Gasteiger partial charge >= 0.3 is 0 Å². The van der Waals surface area contributed by atoms with Crippen molar-refractivity contribution in [2.24, 2.45) is 0 Å². The van der Waals surface area contributed by atoms with Crippen molar-refractivity contribution in [3.63, 3.8) is 0 Å². The molecular formula is C39H47N5O2. The number of nitrogens with zero attached hydrogens (tertiary/aromatic N) is 3. The number of nitrogens with one attached hydrogen (secondary N) is 2. The van der Waals surface area contributed by atoms with Gasteiger partial charge < -0.3 is 14.9 Å². The average molecular weight is 618 g/mol. The van der Waals surface area contributed by atoms with Gasteiger partial charge in [-0.15, -0.1) is 0 Å². The van der Waals surface area contributed by atoms with Gasteiger partial charge in [-0.25, -0.2) is 4.98 Å². The maximum Gasteiger partial charge on any atom is 0.140 e. The minimum absolute atomic E-state index is 0.733. The molecule has 0 atom stereocenters. The number of H-pyrrole nitrogens is 2. The van der Waals surface area contributed by atoms with E-state index in [1.807, 2.05) is 57.3 Å². The third kappa shape index (κ3) is 9.81. The van der Waals surface area contributed by atoms with Crippen LogP contribution in [0.3, 0.4) is 0 Å².